The van der Waals surface area contributed by atoms with Crippen molar-refractivity contribution in [2.45, 2.75) is 6.54 Å². The molecule has 0 spiro atoms. The first-order chi connectivity index (χ1) is 8.58. The summed E-state index contributed by atoms with van der Waals surface area (Å²) < 4.78 is 1.44. The highest BCUT2D eigenvalue weighted by Crippen LogP contribution is 2.14. The first kappa shape index (κ1) is 12.4. The molecule has 0 aromatic carbocycles. The van der Waals surface area contributed by atoms with Gasteiger partial charge in [-0.1, -0.05) is 6.07 Å². The molecule has 0 aliphatic heterocycles. The van der Waals surface area contributed by atoms with Crippen LogP contribution in [0.5, 0.6) is 0 Å². The van der Waals surface area contributed by atoms with E-state index >= 15 is 0 Å². The molecule has 7 heteroatoms. The maximum atomic E-state index is 11.8. The molecule has 2 heterocycles. The quantitative estimate of drug-likeness (QED) is 0.641. The predicted molar refractivity (Wildman–Crippen MR) is 68.4 cm³/mol. The maximum Gasteiger partial charge on any atom is 0.286 e. The number of nitro groups is 1. The van der Waals surface area contributed by atoms with Gasteiger partial charge in [-0.25, -0.2) is 0 Å². The molecule has 0 radical (unpaired) electrons. The van der Waals surface area contributed by atoms with E-state index in [9.17, 15) is 14.9 Å². The summed E-state index contributed by atoms with van der Waals surface area (Å²) in [5.41, 5.74) is 0.349. The van der Waals surface area contributed by atoms with Crippen molar-refractivity contribution in [1.82, 2.24) is 9.55 Å². The molecule has 0 unspecified atom stereocenters. The number of halogens is 1. The topological polar surface area (TPSA) is 78.0 Å². The Hall–Kier alpha value is -2.02. The first-order valence-electron chi connectivity index (χ1n) is 5.01. The summed E-state index contributed by atoms with van der Waals surface area (Å²) in [7, 11) is 0. The predicted octanol–water partition coefficient (Wildman–Crippen LogP) is 1.96. The van der Waals surface area contributed by atoms with Gasteiger partial charge >= 0.3 is 0 Å². The van der Waals surface area contributed by atoms with Crippen molar-refractivity contribution in [3.63, 3.8) is 0 Å². The Morgan fingerprint density at radius 1 is 1.50 bits per heavy atom. The first-order valence-corrected chi connectivity index (χ1v) is 5.80. The molecule has 6 nitrogen and oxygen atoms in total. The summed E-state index contributed by atoms with van der Waals surface area (Å²) in [5, 5.41) is 10.7. The SMILES string of the molecule is O=c1c(Br)cc([N+](=O)[O-])cn1Cc1cccnc1. The maximum absolute atomic E-state index is 11.8. The zero-order chi connectivity index (χ0) is 13.1. The van der Waals surface area contributed by atoms with Gasteiger partial charge in [-0.3, -0.25) is 19.9 Å². The van der Waals surface area contributed by atoms with E-state index in [1.807, 2.05) is 0 Å². The number of pyridine rings is 2. The third-order valence-electron chi connectivity index (χ3n) is 2.31. The van der Waals surface area contributed by atoms with Crippen LogP contribution in [0.3, 0.4) is 0 Å². The van der Waals surface area contributed by atoms with E-state index in [-0.39, 0.29) is 22.3 Å². The van der Waals surface area contributed by atoms with Gasteiger partial charge in [-0.2, -0.15) is 0 Å². The molecular formula is C11H8BrN3O3. The zero-order valence-corrected chi connectivity index (χ0v) is 10.7. The molecular weight excluding hydrogens is 302 g/mol. The summed E-state index contributed by atoms with van der Waals surface area (Å²) >= 11 is 3.03. The monoisotopic (exact) mass is 309 g/mol. The van der Waals surface area contributed by atoms with Gasteiger partial charge in [0.25, 0.3) is 11.2 Å². The molecule has 0 saturated heterocycles. The highest BCUT2D eigenvalue weighted by Gasteiger charge is 2.12. The van der Waals surface area contributed by atoms with E-state index in [2.05, 4.69) is 20.9 Å². The van der Waals surface area contributed by atoms with Gasteiger partial charge in [0.15, 0.2) is 0 Å². The molecule has 0 saturated carbocycles. The third-order valence-corrected chi connectivity index (χ3v) is 2.88. The van der Waals surface area contributed by atoms with Crippen LogP contribution in [0.25, 0.3) is 0 Å². The van der Waals surface area contributed by atoms with Gasteiger partial charge in [0.1, 0.15) is 0 Å². The number of hydrogen-bond donors (Lipinski definition) is 0. The fourth-order valence-electron chi connectivity index (χ4n) is 1.49. The Morgan fingerprint density at radius 3 is 2.89 bits per heavy atom. The molecule has 0 fully saturated rings. The van der Waals surface area contributed by atoms with Crippen molar-refractivity contribution < 1.29 is 4.92 Å². The molecule has 0 N–H and O–H groups in total. The molecule has 92 valence electrons. The standard InChI is InChI=1S/C11H8BrN3O3/c12-10-4-9(15(17)18)7-14(11(10)16)6-8-2-1-3-13-5-8/h1-5,7H,6H2. The van der Waals surface area contributed by atoms with Crippen molar-refractivity contribution in [1.29, 1.82) is 0 Å². The molecule has 2 aromatic heterocycles. The van der Waals surface area contributed by atoms with E-state index in [1.54, 1.807) is 24.5 Å². The van der Waals surface area contributed by atoms with Gasteiger partial charge in [-0.05, 0) is 27.6 Å². The van der Waals surface area contributed by atoms with Crippen LogP contribution in [-0.2, 0) is 6.54 Å². The molecule has 0 amide bonds. The molecule has 2 rings (SSSR count). The Labute approximate surface area is 110 Å². The van der Waals surface area contributed by atoms with Crippen LogP contribution in [0.1, 0.15) is 5.56 Å². The van der Waals surface area contributed by atoms with E-state index in [1.165, 1.54) is 16.8 Å². The largest absolute Gasteiger partial charge is 0.303 e. The molecule has 0 aliphatic carbocycles. The van der Waals surface area contributed by atoms with Crippen LogP contribution in [-0.4, -0.2) is 14.5 Å². The Morgan fingerprint density at radius 2 is 2.28 bits per heavy atom. The Bertz CT molecular complexity index is 640. The second-order valence-corrected chi connectivity index (χ2v) is 4.45. The second kappa shape index (κ2) is 5.09. The smallest absolute Gasteiger partial charge is 0.286 e. The molecule has 0 bridgehead atoms. The minimum Gasteiger partial charge on any atom is -0.303 e. The third kappa shape index (κ3) is 2.62. The lowest BCUT2D eigenvalue weighted by Gasteiger charge is -2.05. The van der Waals surface area contributed by atoms with Gasteiger partial charge in [0.05, 0.1) is 22.1 Å². The summed E-state index contributed by atoms with van der Waals surface area (Å²) in [6, 6.07) is 4.74. The lowest BCUT2D eigenvalue weighted by atomic mass is 10.3. The normalized spacial score (nSPS) is 10.3. The van der Waals surface area contributed by atoms with Gasteiger partial charge in [-0.15, -0.1) is 0 Å². The van der Waals surface area contributed by atoms with E-state index in [0.29, 0.717) is 0 Å². The average molecular weight is 310 g/mol. The number of aromatic nitrogens is 2. The van der Waals surface area contributed by atoms with Crippen LogP contribution < -0.4 is 5.56 Å². The summed E-state index contributed by atoms with van der Waals surface area (Å²) in [4.78, 5) is 25.9. The lowest BCUT2D eigenvalue weighted by molar-refractivity contribution is -0.385. The van der Waals surface area contributed by atoms with Crippen molar-refractivity contribution in [2.75, 3.05) is 0 Å². The number of rotatable bonds is 3. The molecule has 18 heavy (non-hydrogen) atoms. The van der Waals surface area contributed by atoms with Crippen LogP contribution in [0.2, 0.25) is 0 Å². The minimum absolute atomic E-state index is 0.134. The highest BCUT2D eigenvalue weighted by atomic mass is 79.9. The lowest BCUT2D eigenvalue weighted by Crippen LogP contribution is -2.21. The van der Waals surface area contributed by atoms with Gasteiger partial charge in [0, 0.05) is 18.5 Å². The Kier molecular flexibility index (Phi) is 3.52. The summed E-state index contributed by atoms with van der Waals surface area (Å²) in [5.74, 6) is 0. The Balaban J connectivity index is 2.44. The minimum atomic E-state index is -0.538. The van der Waals surface area contributed by atoms with Crippen molar-refractivity contribution in [3.05, 3.63) is 67.3 Å². The van der Waals surface area contributed by atoms with Crippen molar-refractivity contribution in [3.8, 4) is 0 Å². The number of nitrogens with zero attached hydrogens (tertiary/aromatic N) is 3. The summed E-state index contributed by atoms with van der Waals surface area (Å²) in [6.45, 7) is 0.243. The zero-order valence-electron chi connectivity index (χ0n) is 9.12. The second-order valence-electron chi connectivity index (χ2n) is 3.60. The highest BCUT2D eigenvalue weighted by molar-refractivity contribution is 9.10. The van der Waals surface area contributed by atoms with Crippen LogP contribution in [0.4, 0.5) is 5.69 Å². The fraction of sp³-hybridized carbons (Fsp3) is 0.0909. The van der Waals surface area contributed by atoms with E-state index in [4.69, 9.17) is 0 Å². The van der Waals surface area contributed by atoms with Crippen LogP contribution in [0.15, 0.2) is 46.1 Å². The average Bonchev–Trinajstić information content (AvgIpc) is 2.35. The van der Waals surface area contributed by atoms with Crippen LogP contribution >= 0.6 is 15.9 Å². The molecule has 2 aromatic rings. The van der Waals surface area contributed by atoms with Crippen molar-refractivity contribution in [2.24, 2.45) is 0 Å². The van der Waals surface area contributed by atoms with Gasteiger partial charge < -0.3 is 4.57 Å². The summed E-state index contributed by atoms with van der Waals surface area (Å²) in [6.07, 6.45) is 4.45. The molecule has 0 atom stereocenters. The van der Waals surface area contributed by atoms with E-state index in [0.717, 1.165) is 5.56 Å². The van der Waals surface area contributed by atoms with Gasteiger partial charge in [0.2, 0.25) is 0 Å². The number of hydrogen-bond acceptors (Lipinski definition) is 4. The fourth-order valence-corrected chi connectivity index (χ4v) is 1.95. The molecule has 0 aliphatic rings. The van der Waals surface area contributed by atoms with Crippen LogP contribution in [0, 0.1) is 10.1 Å². The van der Waals surface area contributed by atoms with E-state index < -0.39 is 4.92 Å². The van der Waals surface area contributed by atoms with Crippen molar-refractivity contribution >= 4 is 21.6 Å².